The average Bonchev–Trinajstić information content (AvgIpc) is 2.46. The maximum atomic E-state index is 13.4. The van der Waals surface area contributed by atoms with Gasteiger partial charge in [-0.2, -0.15) is 0 Å². The van der Waals surface area contributed by atoms with Crippen LogP contribution in [0.4, 0.5) is 8.78 Å². The van der Waals surface area contributed by atoms with Crippen LogP contribution in [0.25, 0.3) is 0 Å². The predicted octanol–water partition coefficient (Wildman–Crippen LogP) is 2.78. The lowest BCUT2D eigenvalue weighted by Crippen LogP contribution is -2.31. The molecule has 6 heteroatoms. The summed E-state index contributed by atoms with van der Waals surface area (Å²) < 4.78 is 26.1. The normalized spacial score (nSPS) is 10.3. The Bertz CT molecular complexity index is 507. The van der Waals surface area contributed by atoms with Gasteiger partial charge in [0.15, 0.2) is 0 Å². The lowest BCUT2D eigenvalue weighted by Gasteiger charge is -2.07. The van der Waals surface area contributed by atoms with E-state index in [2.05, 4.69) is 17.6 Å². The minimum atomic E-state index is -0.919. The van der Waals surface area contributed by atoms with Gasteiger partial charge in [0.25, 0.3) is 5.91 Å². The zero-order valence-corrected chi connectivity index (χ0v) is 12.8. The first-order valence-electron chi connectivity index (χ1n) is 7.54. The van der Waals surface area contributed by atoms with Crippen molar-refractivity contribution < 1.29 is 18.4 Å². The van der Waals surface area contributed by atoms with Crippen molar-refractivity contribution in [1.29, 1.82) is 0 Å². The molecule has 0 fully saturated rings. The third kappa shape index (κ3) is 6.65. The Hall–Kier alpha value is -1.98. The van der Waals surface area contributed by atoms with Crippen LogP contribution >= 0.6 is 0 Å². The molecular formula is C16H22F2N2O2. The summed E-state index contributed by atoms with van der Waals surface area (Å²) in [6.07, 6.45) is 4.43. The highest BCUT2D eigenvalue weighted by molar-refractivity contribution is 5.94. The van der Waals surface area contributed by atoms with Crippen LogP contribution in [0.2, 0.25) is 0 Å². The van der Waals surface area contributed by atoms with Crippen LogP contribution in [0.15, 0.2) is 18.2 Å². The Morgan fingerprint density at radius 1 is 1.05 bits per heavy atom. The van der Waals surface area contributed by atoms with Crippen molar-refractivity contribution in [3.05, 3.63) is 35.4 Å². The molecule has 1 aromatic rings. The average molecular weight is 312 g/mol. The van der Waals surface area contributed by atoms with Gasteiger partial charge in [-0.25, -0.2) is 8.78 Å². The molecule has 0 spiro atoms. The van der Waals surface area contributed by atoms with E-state index in [1.165, 1.54) is 0 Å². The van der Waals surface area contributed by atoms with Gasteiger partial charge < -0.3 is 10.6 Å². The highest BCUT2D eigenvalue weighted by atomic mass is 19.1. The zero-order valence-electron chi connectivity index (χ0n) is 12.8. The van der Waals surface area contributed by atoms with Crippen molar-refractivity contribution in [2.45, 2.75) is 39.0 Å². The van der Waals surface area contributed by atoms with Crippen LogP contribution in [0.5, 0.6) is 0 Å². The maximum Gasteiger partial charge on any atom is 0.254 e. The van der Waals surface area contributed by atoms with Crippen LogP contribution in [-0.2, 0) is 4.79 Å². The predicted molar refractivity (Wildman–Crippen MR) is 80.5 cm³/mol. The molecule has 2 N–H and O–H groups in total. The summed E-state index contributed by atoms with van der Waals surface area (Å²) in [4.78, 5) is 23.2. The fourth-order valence-electron chi connectivity index (χ4n) is 1.93. The Morgan fingerprint density at radius 2 is 1.82 bits per heavy atom. The number of amides is 2. The van der Waals surface area contributed by atoms with E-state index in [1.54, 1.807) is 0 Å². The molecule has 4 nitrogen and oxygen atoms in total. The second-order valence-electron chi connectivity index (χ2n) is 5.04. The van der Waals surface area contributed by atoms with Crippen molar-refractivity contribution in [2.75, 3.05) is 13.1 Å². The van der Waals surface area contributed by atoms with Gasteiger partial charge in [0.05, 0.1) is 5.56 Å². The summed E-state index contributed by atoms with van der Waals surface area (Å²) >= 11 is 0. The molecular weight excluding hydrogens is 290 g/mol. The largest absolute Gasteiger partial charge is 0.356 e. The summed E-state index contributed by atoms with van der Waals surface area (Å²) in [5.74, 6) is -2.47. The zero-order chi connectivity index (χ0) is 16.4. The van der Waals surface area contributed by atoms with Crippen LogP contribution in [-0.4, -0.2) is 24.9 Å². The van der Waals surface area contributed by atoms with Gasteiger partial charge >= 0.3 is 0 Å². The Labute approximate surface area is 129 Å². The van der Waals surface area contributed by atoms with E-state index >= 15 is 0 Å². The summed E-state index contributed by atoms with van der Waals surface area (Å²) in [6.45, 7) is 2.85. The maximum absolute atomic E-state index is 13.4. The number of hydrogen-bond acceptors (Lipinski definition) is 2. The van der Waals surface area contributed by atoms with Crippen LogP contribution in [0, 0.1) is 11.6 Å². The number of nitrogens with one attached hydrogen (secondary N) is 2. The molecule has 0 bridgehead atoms. The first-order chi connectivity index (χ1) is 10.5. The summed E-state index contributed by atoms with van der Waals surface area (Å²) in [5.41, 5.74) is -0.235. The van der Waals surface area contributed by atoms with Gasteiger partial charge in [-0.3, -0.25) is 9.59 Å². The van der Waals surface area contributed by atoms with Crippen molar-refractivity contribution in [1.82, 2.24) is 10.6 Å². The molecule has 0 unspecified atom stereocenters. The molecule has 0 saturated carbocycles. The van der Waals surface area contributed by atoms with E-state index in [4.69, 9.17) is 0 Å². The number of carbonyl (C=O) groups excluding carboxylic acids is 2. The van der Waals surface area contributed by atoms with E-state index in [0.29, 0.717) is 12.6 Å². The quantitative estimate of drug-likeness (QED) is 0.689. The van der Waals surface area contributed by atoms with Gasteiger partial charge in [-0.1, -0.05) is 26.2 Å². The van der Waals surface area contributed by atoms with Crippen molar-refractivity contribution in [2.24, 2.45) is 0 Å². The van der Waals surface area contributed by atoms with Crippen molar-refractivity contribution in [3.8, 4) is 0 Å². The first kappa shape index (κ1) is 18.1. The third-order valence-electron chi connectivity index (χ3n) is 3.17. The molecule has 0 radical (unpaired) electrons. The van der Waals surface area contributed by atoms with E-state index < -0.39 is 17.5 Å². The van der Waals surface area contributed by atoms with Crippen molar-refractivity contribution >= 4 is 11.8 Å². The third-order valence-corrected chi connectivity index (χ3v) is 3.17. The van der Waals surface area contributed by atoms with E-state index in [9.17, 15) is 18.4 Å². The molecule has 0 aliphatic heterocycles. The molecule has 0 atom stereocenters. The summed E-state index contributed by atoms with van der Waals surface area (Å²) in [5, 5.41) is 5.20. The second kappa shape index (κ2) is 9.87. The minimum Gasteiger partial charge on any atom is -0.356 e. The highest BCUT2D eigenvalue weighted by Gasteiger charge is 2.12. The van der Waals surface area contributed by atoms with Crippen LogP contribution < -0.4 is 10.6 Å². The fraction of sp³-hybridized carbons (Fsp3) is 0.500. The van der Waals surface area contributed by atoms with Crippen LogP contribution in [0.3, 0.4) is 0 Å². The molecule has 2 amide bonds. The van der Waals surface area contributed by atoms with Gasteiger partial charge in [0.2, 0.25) is 5.91 Å². The Balaban J connectivity index is 2.23. The SMILES string of the molecule is CCCCCCNC(=O)CCNC(=O)c1ccc(F)cc1F. The van der Waals surface area contributed by atoms with E-state index in [-0.39, 0.29) is 24.4 Å². The first-order valence-corrected chi connectivity index (χ1v) is 7.54. The minimum absolute atomic E-state index is 0.108. The molecule has 122 valence electrons. The molecule has 22 heavy (non-hydrogen) atoms. The molecule has 0 saturated heterocycles. The number of rotatable bonds is 9. The van der Waals surface area contributed by atoms with E-state index in [0.717, 1.165) is 37.8 Å². The highest BCUT2D eigenvalue weighted by Crippen LogP contribution is 2.09. The van der Waals surface area contributed by atoms with Crippen LogP contribution in [0.1, 0.15) is 49.4 Å². The number of halogens is 2. The topological polar surface area (TPSA) is 58.2 Å². The molecule has 0 aromatic heterocycles. The summed E-state index contributed by atoms with van der Waals surface area (Å²) in [7, 11) is 0. The monoisotopic (exact) mass is 312 g/mol. The van der Waals surface area contributed by atoms with E-state index in [1.807, 2.05) is 0 Å². The van der Waals surface area contributed by atoms with Gasteiger partial charge in [-0.15, -0.1) is 0 Å². The number of carbonyl (C=O) groups is 2. The molecule has 0 heterocycles. The number of unbranched alkanes of at least 4 members (excludes halogenated alkanes) is 3. The Morgan fingerprint density at radius 3 is 2.50 bits per heavy atom. The van der Waals surface area contributed by atoms with Gasteiger partial charge in [-0.05, 0) is 18.6 Å². The lowest BCUT2D eigenvalue weighted by molar-refractivity contribution is -0.120. The smallest absolute Gasteiger partial charge is 0.254 e. The standard InChI is InChI=1S/C16H22F2N2O2/c1-2-3-4-5-9-19-15(21)8-10-20-16(22)13-7-6-12(17)11-14(13)18/h6-7,11H,2-5,8-10H2,1H3,(H,19,21)(H,20,22). The molecule has 0 aliphatic carbocycles. The van der Waals surface area contributed by atoms with Gasteiger partial charge in [0.1, 0.15) is 11.6 Å². The molecule has 1 rings (SSSR count). The number of hydrogen-bond donors (Lipinski definition) is 2. The second-order valence-corrected chi connectivity index (χ2v) is 5.04. The fourth-order valence-corrected chi connectivity index (χ4v) is 1.93. The van der Waals surface area contributed by atoms with Gasteiger partial charge in [0, 0.05) is 25.6 Å². The van der Waals surface area contributed by atoms with Crippen molar-refractivity contribution in [3.63, 3.8) is 0 Å². The lowest BCUT2D eigenvalue weighted by atomic mass is 10.2. The number of benzene rings is 1. The summed E-state index contributed by atoms with van der Waals surface area (Å²) in [6, 6.07) is 2.74. The molecule has 1 aromatic carbocycles. The molecule has 0 aliphatic rings. The Kier molecular flexibility index (Phi) is 8.10.